The molecule has 2 heterocycles. The topological polar surface area (TPSA) is 114 Å². The van der Waals surface area contributed by atoms with Crippen LogP contribution in [0.4, 0.5) is 0 Å². The van der Waals surface area contributed by atoms with E-state index in [2.05, 4.69) is 15.6 Å². The number of nitrogens with one attached hydrogen (secondary N) is 3. The zero-order chi connectivity index (χ0) is 20.8. The fraction of sp³-hybridized carbons (Fsp3) is 0.333. The minimum absolute atomic E-state index is 0.0265. The van der Waals surface area contributed by atoms with Gasteiger partial charge in [-0.1, -0.05) is 6.07 Å². The zero-order valence-corrected chi connectivity index (χ0v) is 17.0. The number of aliphatic hydroxyl groups is 1. The van der Waals surface area contributed by atoms with Crippen LogP contribution in [-0.2, 0) is 0 Å². The molecule has 1 aromatic carbocycles. The van der Waals surface area contributed by atoms with Gasteiger partial charge in [-0.05, 0) is 56.1 Å². The molecule has 0 fully saturated rings. The number of aliphatic hydroxyl groups excluding tert-OH is 1. The second kappa shape index (κ2) is 9.69. The van der Waals surface area contributed by atoms with Crippen LogP contribution in [0.15, 0.2) is 41.2 Å². The van der Waals surface area contributed by atoms with E-state index in [9.17, 15) is 19.8 Å². The van der Waals surface area contributed by atoms with Gasteiger partial charge in [0.2, 0.25) is 5.56 Å². The van der Waals surface area contributed by atoms with Gasteiger partial charge in [0.25, 0.3) is 5.91 Å². The highest BCUT2D eigenvalue weighted by Gasteiger charge is 2.13. The van der Waals surface area contributed by atoms with Gasteiger partial charge < -0.3 is 25.8 Å². The second-order valence-corrected chi connectivity index (χ2v) is 8.17. The number of phenolic OH excluding ortho intramolecular Hbond substituents is 1. The largest absolute Gasteiger partial charge is 0.506 e. The van der Waals surface area contributed by atoms with Crippen molar-refractivity contribution in [1.29, 1.82) is 0 Å². The van der Waals surface area contributed by atoms with Gasteiger partial charge in [-0.25, -0.2) is 0 Å². The van der Waals surface area contributed by atoms with Gasteiger partial charge in [-0.3, -0.25) is 9.59 Å². The number of aromatic hydroxyl groups is 1. The van der Waals surface area contributed by atoms with Crippen molar-refractivity contribution < 1.29 is 15.0 Å². The summed E-state index contributed by atoms with van der Waals surface area (Å²) >= 11 is 1.48. The van der Waals surface area contributed by atoms with Crippen molar-refractivity contribution in [2.24, 2.45) is 0 Å². The Morgan fingerprint density at radius 1 is 1.14 bits per heavy atom. The van der Waals surface area contributed by atoms with Crippen molar-refractivity contribution in [3.8, 4) is 5.75 Å². The molecule has 0 saturated heterocycles. The quantitative estimate of drug-likeness (QED) is 0.345. The first-order valence-corrected chi connectivity index (χ1v) is 10.4. The van der Waals surface area contributed by atoms with Gasteiger partial charge in [0.15, 0.2) is 0 Å². The van der Waals surface area contributed by atoms with Gasteiger partial charge in [0.1, 0.15) is 5.75 Å². The van der Waals surface area contributed by atoms with Crippen molar-refractivity contribution in [1.82, 2.24) is 15.6 Å². The van der Waals surface area contributed by atoms with Crippen LogP contribution in [0.1, 0.15) is 39.1 Å². The van der Waals surface area contributed by atoms with Gasteiger partial charge in [-0.15, -0.1) is 11.3 Å². The minimum atomic E-state index is -0.772. The van der Waals surface area contributed by atoms with E-state index >= 15 is 0 Å². The molecule has 0 unspecified atom stereocenters. The normalized spacial score (nSPS) is 12.2. The third-order valence-electron chi connectivity index (χ3n) is 4.63. The number of rotatable bonds is 9. The number of unbranched alkanes of at least 4 members (excludes halogenated alkanes) is 1. The highest BCUT2D eigenvalue weighted by molar-refractivity contribution is 7.13. The predicted octanol–water partition coefficient (Wildman–Crippen LogP) is 2.44. The molecule has 0 radical (unpaired) electrons. The summed E-state index contributed by atoms with van der Waals surface area (Å²) in [7, 11) is 0. The number of fused-ring (bicyclic) bond motifs is 1. The van der Waals surface area contributed by atoms with E-state index in [1.807, 2.05) is 19.1 Å². The van der Waals surface area contributed by atoms with Crippen molar-refractivity contribution >= 4 is 28.1 Å². The Morgan fingerprint density at radius 2 is 1.93 bits per heavy atom. The van der Waals surface area contributed by atoms with Gasteiger partial charge in [0.05, 0.1) is 16.5 Å². The van der Waals surface area contributed by atoms with Crippen LogP contribution in [-0.4, -0.2) is 40.7 Å². The average Bonchev–Trinajstić information content (AvgIpc) is 3.14. The number of carbonyl (C=O) groups is 1. The van der Waals surface area contributed by atoms with Gasteiger partial charge >= 0.3 is 0 Å². The maximum absolute atomic E-state index is 12.0. The summed E-state index contributed by atoms with van der Waals surface area (Å²) in [5.41, 5.74) is 0.657. The van der Waals surface area contributed by atoms with E-state index in [1.165, 1.54) is 23.5 Å². The third-order valence-corrected chi connectivity index (χ3v) is 5.63. The van der Waals surface area contributed by atoms with Crippen LogP contribution in [0.25, 0.3) is 10.9 Å². The number of amides is 1. The highest BCUT2D eigenvalue weighted by Crippen LogP contribution is 2.28. The van der Waals surface area contributed by atoms with Crippen molar-refractivity contribution in [3.05, 3.63) is 62.1 Å². The molecule has 0 aliphatic carbocycles. The maximum atomic E-state index is 12.0. The molecule has 7 nitrogen and oxygen atoms in total. The Bertz CT molecular complexity index is 1040. The number of carbonyl (C=O) groups excluding carboxylic acids is 1. The van der Waals surface area contributed by atoms with Crippen LogP contribution >= 0.6 is 11.3 Å². The van der Waals surface area contributed by atoms with Gasteiger partial charge in [0, 0.05) is 29.4 Å². The number of phenols is 1. The SMILES string of the molecule is Cc1ccc(C(=O)NCCCCNC[C@H](O)c2ccc(O)c3[nH]c(=O)ccc23)s1. The molecule has 8 heteroatoms. The molecule has 3 aromatic rings. The van der Waals surface area contributed by atoms with E-state index in [4.69, 9.17) is 0 Å². The number of H-pyrrole nitrogens is 1. The smallest absolute Gasteiger partial charge is 0.261 e. The summed E-state index contributed by atoms with van der Waals surface area (Å²) in [5, 5.41) is 27.1. The monoisotopic (exact) mass is 415 g/mol. The van der Waals surface area contributed by atoms with Gasteiger partial charge in [-0.2, -0.15) is 0 Å². The lowest BCUT2D eigenvalue weighted by Crippen LogP contribution is -2.26. The molecule has 0 aliphatic heterocycles. The third kappa shape index (κ3) is 5.44. The zero-order valence-electron chi connectivity index (χ0n) is 16.2. The Balaban J connectivity index is 1.41. The molecule has 2 aromatic heterocycles. The first-order chi connectivity index (χ1) is 14.0. The molecule has 154 valence electrons. The standard InChI is InChI=1S/C21H25N3O4S/c1-13-4-8-18(29-13)21(28)23-11-3-2-10-22-12-17(26)14-5-7-16(25)20-15(14)6-9-19(27)24-20/h4-9,17,22,25-26H,2-3,10-12H2,1H3,(H,23,28)(H,24,27)/t17-/m0/s1. The Kier molecular flexibility index (Phi) is 7.03. The first kappa shape index (κ1) is 21.0. The molecule has 0 aliphatic rings. The van der Waals surface area contributed by atoms with Crippen molar-refractivity contribution in [2.75, 3.05) is 19.6 Å². The lowest BCUT2D eigenvalue weighted by atomic mass is 10.0. The molecule has 0 saturated carbocycles. The number of hydrogen-bond donors (Lipinski definition) is 5. The minimum Gasteiger partial charge on any atom is -0.506 e. The first-order valence-electron chi connectivity index (χ1n) is 9.54. The summed E-state index contributed by atoms with van der Waals surface area (Å²) in [4.78, 5) is 27.9. The Hall–Kier alpha value is -2.68. The predicted molar refractivity (Wildman–Crippen MR) is 115 cm³/mol. The molecule has 1 amide bonds. The number of aryl methyl sites for hydroxylation is 1. The van der Waals surface area contributed by atoms with Crippen LogP contribution in [0, 0.1) is 6.92 Å². The lowest BCUT2D eigenvalue weighted by molar-refractivity contribution is 0.0957. The van der Waals surface area contributed by atoms with Crippen LogP contribution in [0.3, 0.4) is 0 Å². The fourth-order valence-electron chi connectivity index (χ4n) is 3.12. The molecular formula is C21H25N3O4S. The molecule has 3 rings (SSSR count). The Morgan fingerprint density at radius 3 is 2.69 bits per heavy atom. The fourth-order valence-corrected chi connectivity index (χ4v) is 3.90. The second-order valence-electron chi connectivity index (χ2n) is 6.88. The molecular weight excluding hydrogens is 390 g/mol. The van der Waals surface area contributed by atoms with Crippen molar-refractivity contribution in [3.63, 3.8) is 0 Å². The van der Waals surface area contributed by atoms with Crippen LogP contribution < -0.4 is 16.2 Å². The summed E-state index contributed by atoms with van der Waals surface area (Å²) in [6.45, 7) is 3.63. The molecule has 5 N–H and O–H groups in total. The Labute approximate surface area is 172 Å². The van der Waals surface area contributed by atoms with E-state index in [-0.39, 0.29) is 17.2 Å². The van der Waals surface area contributed by atoms with E-state index in [0.29, 0.717) is 36.1 Å². The van der Waals surface area contributed by atoms with E-state index in [0.717, 1.165) is 22.6 Å². The van der Waals surface area contributed by atoms with Crippen molar-refractivity contribution in [2.45, 2.75) is 25.9 Å². The maximum Gasteiger partial charge on any atom is 0.261 e. The highest BCUT2D eigenvalue weighted by atomic mass is 32.1. The number of benzene rings is 1. The number of hydrogen-bond acceptors (Lipinski definition) is 6. The van der Waals surface area contributed by atoms with Crippen LogP contribution in [0.2, 0.25) is 0 Å². The summed E-state index contributed by atoms with van der Waals surface area (Å²) in [6, 6.07) is 9.87. The van der Waals surface area contributed by atoms with E-state index in [1.54, 1.807) is 12.1 Å². The van der Waals surface area contributed by atoms with E-state index < -0.39 is 6.10 Å². The average molecular weight is 416 g/mol. The molecule has 1 atom stereocenters. The lowest BCUT2D eigenvalue weighted by Gasteiger charge is -2.15. The summed E-state index contributed by atoms with van der Waals surface area (Å²) in [5.74, 6) is -0.0647. The molecule has 29 heavy (non-hydrogen) atoms. The van der Waals surface area contributed by atoms with Crippen LogP contribution in [0.5, 0.6) is 5.75 Å². The number of aromatic amines is 1. The summed E-state index contributed by atoms with van der Waals surface area (Å²) < 4.78 is 0. The molecule has 0 bridgehead atoms. The number of pyridine rings is 1. The number of aromatic nitrogens is 1. The summed E-state index contributed by atoms with van der Waals surface area (Å²) in [6.07, 6.45) is 0.925. The number of thiophene rings is 1. The molecule has 0 spiro atoms.